The SMILES string of the molecule is CCOc1cc(/C=C/C(=O)NCC(=O)Nc2cc(C)ccc2OC)cc(Cl)c1OC. The highest BCUT2D eigenvalue weighted by molar-refractivity contribution is 6.32. The molecule has 0 aliphatic carbocycles. The summed E-state index contributed by atoms with van der Waals surface area (Å²) in [6, 6.07) is 8.81. The van der Waals surface area contributed by atoms with Gasteiger partial charge in [-0.05, 0) is 55.3 Å². The predicted octanol–water partition coefficient (Wildman–Crippen LogP) is 3.83. The molecule has 8 heteroatoms. The molecule has 0 spiro atoms. The van der Waals surface area contributed by atoms with Crippen LogP contribution in [-0.4, -0.2) is 39.2 Å². The van der Waals surface area contributed by atoms with Crippen molar-refractivity contribution in [1.82, 2.24) is 5.32 Å². The van der Waals surface area contributed by atoms with E-state index in [0.717, 1.165) is 5.56 Å². The molecule has 0 radical (unpaired) electrons. The summed E-state index contributed by atoms with van der Waals surface area (Å²) in [6.07, 6.45) is 2.89. The Labute approximate surface area is 181 Å². The van der Waals surface area contributed by atoms with E-state index in [0.29, 0.717) is 40.1 Å². The number of ether oxygens (including phenoxy) is 3. The summed E-state index contributed by atoms with van der Waals surface area (Å²) in [5, 5.41) is 5.63. The highest BCUT2D eigenvalue weighted by Gasteiger charge is 2.11. The van der Waals surface area contributed by atoms with E-state index in [2.05, 4.69) is 10.6 Å². The van der Waals surface area contributed by atoms with Crippen LogP contribution in [0.3, 0.4) is 0 Å². The molecule has 0 saturated heterocycles. The Balaban J connectivity index is 1.97. The van der Waals surface area contributed by atoms with E-state index in [4.69, 9.17) is 25.8 Å². The zero-order valence-corrected chi connectivity index (χ0v) is 18.1. The molecule has 7 nitrogen and oxygen atoms in total. The summed E-state index contributed by atoms with van der Waals surface area (Å²) in [5.74, 6) is 0.669. The van der Waals surface area contributed by atoms with Crippen molar-refractivity contribution in [3.8, 4) is 17.2 Å². The van der Waals surface area contributed by atoms with Crippen LogP contribution in [0.4, 0.5) is 5.69 Å². The zero-order valence-electron chi connectivity index (χ0n) is 17.4. The average Bonchev–Trinajstić information content (AvgIpc) is 2.71. The minimum atomic E-state index is -0.425. The topological polar surface area (TPSA) is 85.9 Å². The molecule has 0 aromatic heterocycles. The van der Waals surface area contributed by atoms with Crippen LogP contribution in [0.15, 0.2) is 36.4 Å². The Morgan fingerprint density at radius 3 is 2.53 bits per heavy atom. The summed E-state index contributed by atoms with van der Waals surface area (Å²) in [5.41, 5.74) is 2.18. The number of methoxy groups -OCH3 is 2. The normalized spacial score (nSPS) is 10.6. The summed E-state index contributed by atoms with van der Waals surface area (Å²) >= 11 is 6.20. The van der Waals surface area contributed by atoms with Gasteiger partial charge in [0.1, 0.15) is 5.75 Å². The van der Waals surface area contributed by atoms with E-state index in [1.165, 1.54) is 20.3 Å². The highest BCUT2D eigenvalue weighted by atomic mass is 35.5. The molecule has 0 aliphatic rings. The van der Waals surface area contributed by atoms with Gasteiger partial charge in [-0.2, -0.15) is 0 Å². The number of benzene rings is 2. The molecule has 160 valence electrons. The van der Waals surface area contributed by atoms with Crippen LogP contribution in [-0.2, 0) is 9.59 Å². The zero-order chi connectivity index (χ0) is 22.1. The first-order chi connectivity index (χ1) is 14.4. The minimum Gasteiger partial charge on any atom is -0.495 e. The van der Waals surface area contributed by atoms with Gasteiger partial charge < -0.3 is 24.8 Å². The average molecular weight is 433 g/mol. The van der Waals surface area contributed by atoms with Crippen LogP contribution in [0.2, 0.25) is 5.02 Å². The van der Waals surface area contributed by atoms with E-state index in [9.17, 15) is 9.59 Å². The third-order valence-electron chi connectivity index (χ3n) is 4.02. The predicted molar refractivity (Wildman–Crippen MR) is 118 cm³/mol. The molecule has 2 aromatic carbocycles. The fourth-order valence-corrected chi connectivity index (χ4v) is 2.95. The van der Waals surface area contributed by atoms with Crippen LogP contribution < -0.4 is 24.8 Å². The molecule has 30 heavy (non-hydrogen) atoms. The van der Waals surface area contributed by atoms with E-state index in [1.807, 2.05) is 19.9 Å². The number of hydrogen-bond acceptors (Lipinski definition) is 5. The highest BCUT2D eigenvalue weighted by Crippen LogP contribution is 2.36. The van der Waals surface area contributed by atoms with Crippen molar-refractivity contribution in [3.63, 3.8) is 0 Å². The molecule has 0 aliphatic heterocycles. The number of rotatable bonds is 9. The maximum Gasteiger partial charge on any atom is 0.244 e. The van der Waals surface area contributed by atoms with Crippen molar-refractivity contribution in [2.45, 2.75) is 13.8 Å². The molecule has 0 fully saturated rings. The number of aryl methyl sites for hydroxylation is 1. The number of anilines is 1. The lowest BCUT2D eigenvalue weighted by Crippen LogP contribution is -2.31. The molecule has 2 rings (SSSR count). The van der Waals surface area contributed by atoms with E-state index < -0.39 is 5.91 Å². The lowest BCUT2D eigenvalue weighted by Gasteiger charge is -2.12. The van der Waals surface area contributed by atoms with Crippen molar-refractivity contribution in [1.29, 1.82) is 0 Å². The van der Waals surface area contributed by atoms with Gasteiger partial charge in [0.2, 0.25) is 11.8 Å². The summed E-state index contributed by atoms with van der Waals surface area (Å²) in [4.78, 5) is 24.2. The van der Waals surface area contributed by atoms with Crippen molar-refractivity contribution in [2.75, 3.05) is 32.7 Å². The Morgan fingerprint density at radius 1 is 1.10 bits per heavy atom. The minimum absolute atomic E-state index is 0.187. The largest absolute Gasteiger partial charge is 0.495 e. The Hall–Kier alpha value is -3.19. The molecule has 0 bridgehead atoms. The standard InChI is InChI=1S/C22H25ClN2O5/c1-5-30-19-12-15(11-16(23)22(19)29-4)7-9-20(26)24-13-21(27)25-17-10-14(2)6-8-18(17)28-3/h6-12H,5,13H2,1-4H3,(H,24,26)(H,25,27)/b9-7+. The number of nitrogens with one attached hydrogen (secondary N) is 2. The van der Waals surface area contributed by atoms with Crippen molar-refractivity contribution in [3.05, 3.63) is 52.6 Å². The van der Waals surface area contributed by atoms with Gasteiger partial charge in [-0.1, -0.05) is 17.7 Å². The van der Waals surface area contributed by atoms with Crippen molar-refractivity contribution >= 4 is 35.2 Å². The lowest BCUT2D eigenvalue weighted by atomic mass is 10.2. The smallest absolute Gasteiger partial charge is 0.244 e. The summed E-state index contributed by atoms with van der Waals surface area (Å²) in [7, 11) is 3.03. The van der Waals surface area contributed by atoms with Gasteiger partial charge in [0, 0.05) is 6.08 Å². The Kier molecular flexibility index (Phi) is 8.55. The van der Waals surface area contributed by atoms with Crippen molar-refractivity contribution < 1.29 is 23.8 Å². The number of carbonyl (C=O) groups excluding carboxylic acids is 2. The molecule has 0 unspecified atom stereocenters. The second kappa shape index (κ2) is 11.1. The molecule has 2 N–H and O–H groups in total. The Bertz CT molecular complexity index is 943. The molecule has 0 saturated carbocycles. The quantitative estimate of drug-likeness (QED) is 0.588. The lowest BCUT2D eigenvalue weighted by molar-refractivity contribution is -0.121. The van der Waals surface area contributed by atoms with Gasteiger partial charge in [0.25, 0.3) is 0 Å². The molecular formula is C22H25ClN2O5. The molecule has 0 atom stereocenters. The van der Waals surface area contributed by atoms with Gasteiger partial charge in [-0.15, -0.1) is 0 Å². The van der Waals surface area contributed by atoms with Crippen LogP contribution in [0.25, 0.3) is 6.08 Å². The summed E-state index contributed by atoms with van der Waals surface area (Å²) < 4.78 is 16.0. The monoisotopic (exact) mass is 432 g/mol. The number of carbonyl (C=O) groups is 2. The fourth-order valence-electron chi connectivity index (χ4n) is 2.66. The molecule has 2 amide bonds. The van der Waals surface area contributed by atoms with E-state index in [1.54, 1.807) is 30.3 Å². The number of halogens is 1. The maximum atomic E-state index is 12.1. The maximum absolute atomic E-state index is 12.1. The summed E-state index contributed by atoms with van der Waals surface area (Å²) in [6.45, 7) is 4.01. The van der Waals surface area contributed by atoms with Crippen molar-refractivity contribution in [2.24, 2.45) is 0 Å². The molecule has 0 heterocycles. The third-order valence-corrected chi connectivity index (χ3v) is 4.30. The van der Waals surface area contributed by atoms with Gasteiger partial charge >= 0.3 is 0 Å². The molecule has 2 aromatic rings. The van der Waals surface area contributed by atoms with Gasteiger partial charge in [0.15, 0.2) is 11.5 Å². The first kappa shape index (κ1) is 23.1. The van der Waals surface area contributed by atoms with Gasteiger partial charge in [0.05, 0.1) is 38.1 Å². The fraction of sp³-hybridized carbons (Fsp3) is 0.273. The van der Waals surface area contributed by atoms with E-state index >= 15 is 0 Å². The van der Waals surface area contributed by atoms with Crippen LogP contribution in [0.1, 0.15) is 18.1 Å². The number of hydrogen-bond donors (Lipinski definition) is 2. The second-order valence-corrected chi connectivity index (χ2v) is 6.68. The third kappa shape index (κ3) is 6.42. The van der Waals surface area contributed by atoms with E-state index in [-0.39, 0.29) is 12.5 Å². The second-order valence-electron chi connectivity index (χ2n) is 6.27. The Morgan fingerprint density at radius 2 is 1.87 bits per heavy atom. The van der Waals surface area contributed by atoms with Crippen LogP contribution in [0.5, 0.6) is 17.2 Å². The molecular weight excluding hydrogens is 408 g/mol. The van der Waals surface area contributed by atoms with Crippen LogP contribution in [0, 0.1) is 6.92 Å². The first-order valence-corrected chi connectivity index (χ1v) is 9.66. The first-order valence-electron chi connectivity index (χ1n) is 9.28. The number of amides is 2. The van der Waals surface area contributed by atoms with Gasteiger partial charge in [-0.25, -0.2) is 0 Å². The van der Waals surface area contributed by atoms with Crippen LogP contribution >= 0.6 is 11.6 Å². The van der Waals surface area contributed by atoms with Gasteiger partial charge in [-0.3, -0.25) is 9.59 Å².